The highest BCUT2D eigenvalue weighted by Crippen LogP contribution is 2.04. The Morgan fingerprint density at radius 3 is 1.41 bits per heavy atom. The van der Waals surface area contributed by atoms with Gasteiger partial charge in [-0.05, 0) is 39.8 Å². The van der Waals surface area contributed by atoms with Crippen LogP contribution in [0.1, 0.15) is 22.3 Å². The molecule has 88 valence electrons. The molecule has 1 heteroatoms. The summed E-state index contributed by atoms with van der Waals surface area (Å²) in [6.45, 7) is 8.77. The van der Waals surface area contributed by atoms with Gasteiger partial charge < -0.3 is 0 Å². The lowest BCUT2D eigenvalue weighted by molar-refractivity contribution is -0.598. The molecule has 0 saturated heterocycles. The van der Waals surface area contributed by atoms with Crippen LogP contribution in [0.15, 0.2) is 36.4 Å². The van der Waals surface area contributed by atoms with Gasteiger partial charge in [0.2, 0.25) is 0 Å². The Balaban J connectivity index is 2.31. The van der Waals surface area contributed by atoms with Crippen LogP contribution in [0.5, 0.6) is 0 Å². The third-order valence-electron chi connectivity index (χ3n) is 2.83. The molecule has 0 radical (unpaired) electrons. The minimum Gasteiger partial charge on any atom is -0.0548 e. The topological polar surface area (TPSA) is 0 Å². The van der Waals surface area contributed by atoms with Crippen LogP contribution in [0.4, 0.5) is 0 Å². The van der Waals surface area contributed by atoms with Gasteiger partial charge in [0.15, 0.2) is 7.14 Å². The van der Waals surface area contributed by atoms with Gasteiger partial charge in [0.1, 0.15) is 0 Å². The first-order chi connectivity index (χ1) is 8.06. The van der Waals surface area contributed by atoms with E-state index in [9.17, 15) is 0 Å². The SMILES string of the molecule is Cc1ccc([I+]c2ccc(C)cc2C)c(C)c1. The molecule has 0 fully saturated rings. The van der Waals surface area contributed by atoms with E-state index in [0.717, 1.165) is 0 Å². The highest BCUT2D eigenvalue weighted by atomic mass is 127. The molecule has 0 aliphatic rings. The minimum atomic E-state index is -0.0403. The van der Waals surface area contributed by atoms with Gasteiger partial charge in [-0.3, -0.25) is 0 Å². The molecule has 2 rings (SSSR count). The molecule has 0 N–H and O–H groups in total. The first-order valence-electron chi connectivity index (χ1n) is 5.85. The molecule has 0 heterocycles. The number of rotatable bonds is 2. The van der Waals surface area contributed by atoms with E-state index in [4.69, 9.17) is 0 Å². The quantitative estimate of drug-likeness (QED) is 0.719. The predicted molar refractivity (Wildman–Crippen MR) is 69.2 cm³/mol. The van der Waals surface area contributed by atoms with Crippen molar-refractivity contribution in [2.24, 2.45) is 0 Å². The first kappa shape index (κ1) is 12.6. The molecular formula is C16H18I+. The van der Waals surface area contributed by atoms with Gasteiger partial charge in [0.05, 0.1) is 0 Å². The van der Waals surface area contributed by atoms with Crippen LogP contribution in [0.3, 0.4) is 0 Å². The lowest BCUT2D eigenvalue weighted by Crippen LogP contribution is -3.62. The molecule has 0 saturated carbocycles. The fourth-order valence-corrected chi connectivity index (χ4v) is 4.42. The van der Waals surface area contributed by atoms with Crippen LogP contribution in [-0.2, 0) is 0 Å². The summed E-state index contributed by atoms with van der Waals surface area (Å²) in [5.41, 5.74) is 5.60. The number of hydrogen-bond acceptors (Lipinski definition) is 0. The van der Waals surface area contributed by atoms with Crippen LogP contribution < -0.4 is 21.2 Å². The fourth-order valence-electron chi connectivity index (χ4n) is 1.91. The summed E-state index contributed by atoms with van der Waals surface area (Å²) in [6.07, 6.45) is 0. The average Bonchev–Trinajstić information content (AvgIpc) is 2.25. The summed E-state index contributed by atoms with van der Waals surface area (Å²) in [7, 11) is 0. The summed E-state index contributed by atoms with van der Waals surface area (Å²) >= 11 is -0.0403. The molecule has 2 aromatic carbocycles. The number of aryl methyl sites for hydroxylation is 4. The molecule has 2 aromatic rings. The van der Waals surface area contributed by atoms with E-state index in [1.54, 1.807) is 7.14 Å². The van der Waals surface area contributed by atoms with Crippen molar-refractivity contribution in [3.05, 3.63) is 65.8 Å². The zero-order valence-electron chi connectivity index (χ0n) is 10.8. The summed E-state index contributed by atoms with van der Waals surface area (Å²) in [4.78, 5) is 0. The van der Waals surface area contributed by atoms with Crippen molar-refractivity contribution < 1.29 is 21.2 Å². The van der Waals surface area contributed by atoms with Crippen LogP contribution in [0.2, 0.25) is 0 Å². The molecule has 0 spiro atoms. The van der Waals surface area contributed by atoms with Crippen molar-refractivity contribution in [2.75, 3.05) is 0 Å². The minimum absolute atomic E-state index is 0.0403. The molecule has 0 nitrogen and oxygen atoms in total. The van der Waals surface area contributed by atoms with E-state index in [1.165, 1.54) is 22.3 Å². The number of halogens is 1. The molecule has 0 bridgehead atoms. The van der Waals surface area contributed by atoms with E-state index in [2.05, 4.69) is 64.1 Å². The van der Waals surface area contributed by atoms with Gasteiger partial charge in [-0.2, -0.15) is 0 Å². The lowest BCUT2D eigenvalue weighted by Gasteiger charge is -1.98. The van der Waals surface area contributed by atoms with E-state index < -0.39 is 0 Å². The van der Waals surface area contributed by atoms with Crippen molar-refractivity contribution >= 4 is 0 Å². The fraction of sp³-hybridized carbons (Fsp3) is 0.250. The number of hydrogen-bond donors (Lipinski definition) is 0. The maximum Gasteiger partial charge on any atom is 0.358 e. The van der Waals surface area contributed by atoms with Gasteiger partial charge in [-0.15, -0.1) is 0 Å². The molecule has 0 aliphatic carbocycles. The maximum atomic E-state index is 2.30. The zero-order valence-corrected chi connectivity index (χ0v) is 13.0. The normalized spacial score (nSPS) is 10.6. The van der Waals surface area contributed by atoms with Crippen LogP contribution in [0, 0.1) is 34.8 Å². The Labute approximate surface area is 114 Å². The molecule has 0 amide bonds. The molecular weight excluding hydrogens is 319 g/mol. The van der Waals surface area contributed by atoms with Crippen molar-refractivity contribution in [1.29, 1.82) is 0 Å². The largest absolute Gasteiger partial charge is 0.358 e. The molecule has 0 atom stereocenters. The van der Waals surface area contributed by atoms with E-state index in [-0.39, 0.29) is 21.2 Å². The highest BCUT2D eigenvalue weighted by molar-refractivity contribution is 5.22. The Kier molecular flexibility index (Phi) is 3.87. The van der Waals surface area contributed by atoms with Gasteiger partial charge in [0.25, 0.3) is 0 Å². The van der Waals surface area contributed by atoms with Crippen LogP contribution >= 0.6 is 0 Å². The van der Waals surface area contributed by atoms with Crippen molar-refractivity contribution in [2.45, 2.75) is 27.7 Å². The lowest BCUT2D eigenvalue weighted by atomic mass is 10.2. The second kappa shape index (κ2) is 5.21. The smallest absolute Gasteiger partial charge is 0.0548 e. The average molecular weight is 337 g/mol. The van der Waals surface area contributed by atoms with Crippen molar-refractivity contribution in [3.63, 3.8) is 0 Å². The zero-order chi connectivity index (χ0) is 12.4. The third kappa shape index (κ3) is 3.09. The van der Waals surface area contributed by atoms with E-state index >= 15 is 0 Å². The summed E-state index contributed by atoms with van der Waals surface area (Å²) < 4.78 is 3.09. The van der Waals surface area contributed by atoms with Crippen molar-refractivity contribution in [1.82, 2.24) is 0 Å². The predicted octanol–water partition coefficient (Wildman–Crippen LogP) is 1.05. The van der Waals surface area contributed by atoms with Gasteiger partial charge in [-0.25, -0.2) is 0 Å². The first-order valence-corrected chi connectivity index (χ1v) is 8.01. The Morgan fingerprint density at radius 1 is 0.647 bits per heavy atom. The molecule has 0 aliphatic heterocycles. The maximum absolute atomic E-state index is 2.30. The summed E-state index contributed by atoms with van der Waals surface area (Å²) in [6, 6.07) is 13.6. The van der Waals surface area contributed by atoms with Crippen molar-refractivity contribution in [3.8, 4) is 0 Å². The highest BCUT2D eigenvalue weighted by Gasteiger charge is 2.20. The molecule has 0 unspecified atom stereocenters. The molecule has 0 aromatic heterocycles. The van der Waals surface area contributed by atoms with Crippen LogP contribution in [-0.4, -0.2) is 0 Å². The Hall–Kier alpha value is -0.830. The second-order valence-corrected chi connectivity index (χ2v) is 7.46. The molecule has 17 heavy (non-hydrogen) atoms. The standard InChI is InChI=1S/C16H18I/c1-11-5-7-15(13(3)9-11)17-16-8-6-12(2)10-14(16)4/h5-10H,1-4H3/q+1. The second-order valence-electron chi connectivity index (χ2n) is 4.60. The van der Waals surface area contributed by atoms with Crippen LogP contribution in [0.25, 0.3) is 0 Å². The van der Waals surface area contributed by atoms with E-state index in [0.29, 0.717) is 0 Å². The van der Waals surface area contributed by atoms with Gasteiger partial charge >= 0.3 is 21.2 Å². The third-order valence-corrected chi connectivity index (χ3v) is 6.41. The summed E-state index contributed by atoms with van der Waals surface area (Å²) in [5, 5.41) is 0. The van der Waals surface area contributed by atoms with E-state index in [1.807, 2.05) is 0 Å². The number of benzene rings is 2. The van der Waals surface area contributed by atoms with Gasteiger partial charge in [-0.1, -0.05) is 35.4 Å². The monoisotopic (exact) mass is 337 g/mol. The Morgan fingerprint density at radius 2 is 1.06 bits per heavy atom. The van der Waals surface area contributed by atoms with Gasteiger partial charge in [0, 0.05) is 11.1 Å². The Bertz CT molecular complexity index is 492. The summed E-state index contributed by atoms with van der Waals surface area (Å²) in [5.74, 6) is 0.